The van der Waals surface area contributed by atoms with E-state index in [-0.39, 0.29) is 5.56 Å². The smallest absolute Gasteiger partial charge is 0.291 e. The van der Waals surface area contributed by atoms with Crippen molar-refractivity contribution in [3.8, 4) is 23.0 Å². The SMILES string of the molecule is COc1ccc(OC)c(/C=c2\sc3nc(CCc4cc(OC)ccc4OC)nn3c2=O)c1. The van der Waals surface area contributed by atoms with Gasteiger partial charge in [-0.15, -0.1) is 5.10 Å². The third-order valence-corrected chi connectivity index (χ3v) is 6.01. The van der Waals surface area contributed by atoms with Crippen LogP contribution in [0.1, 0.15) is 17.0 Å². The van der Waals surface area contributed by atoms with Crippen LogP contribution in [0.15, 0.2) is 41.2 Å². The Kier molecular flexibility index (Phi) is 6.27. The van der Waals surface area contributed by atoms with Gasteiger partial charge in [0.15, 0.2) is 5.82 Å². The van der Waals surface area contributed by atoms with Crippen molar-refractivity contribution in [2.75, 3.05) is 28.4 Å². The molecule has 4 aromatic rings. The van der Waals surface area contributed by atoms with Crippen LogP contribution in [-0.2, 0) is 12.8 Å². The summed E-state index contributed by atoms with van der Waals surface area (Å²) < 4.78 is 23.3. The van der Waals surface area contributed by atoms with Crippen molar-refractivity contribution in [3.63, 3.8) is 0 Å². The molecule has 0 aliphatic rings. The van der Waals surface area contributed by atoms with E-state index in [4.69, 9.17) is 18.9 Å². The molecule has 4 rings (SSSR count). The number of fused-ring (bicyclic) bond motifs is 1. The molecule has 32 heavy (non-hydrogen) atoms. The minimum atomic E-state index is -0.215. The van der Waals surface area contributed by atoms with E-state index in [0.29, 0.717) is 39.7 Å². The fourth-order valence-corrected chi connectivity index (χ4v) is 4.31. The number of hydrogen-bond acceptors (Lipinski definition) is 8. The van der Waals surface area contributed by atoms with Crippen molar-refractivity contribution in [1.29, 1.82) is 0 Å². The van der Waals surface area contributed by atoms with Gasteiger partial charge in [-0.2, -0.15) is 4.52 Å². The van der Waals surface area contributed by atoms with Gasteiger partial charge in [0.1, 0.15) is 23.0 Å². The molecule has 0 aliphatic carbocycles. The van der Waals surface area contributed by atoms with Gasteiger partial charge in [0.2, 0.25) is 4.96 Å². The van der Waals surface area contributed by atoms with Crippen molar-refractivity contribution in [2.24, 2.45) is 0 Å². The lowest BCUT2D eigenvalue weighted by molar-refractivity contribution is 0.398. The van der Waals surface area contributed by atoms with Gasteiger partial charge in [-0.3, -0.25) is 4.79 Å². The number of benzene rings is 2. The zero-order valence-electron chi connectivity index (χ0n) is 18.2. The fraction of sp³-hybridized carbons (Fsp3) is 0.261. The van der Waals surface area contributed by atoms with Crippen molar-refractivity contribution in [2.45, 2.75) is 12.8 Å². The first-order chi connectivity index (χ1) is 15.6. The lowest BCUT2D eigenvalue weighted by Crippen LogP contribution is -2.24. The quantitative estimate of drug-likeness (QED) is 0.405. The van der Waals surface area contributed by atoms with E-state index in [0.717, 1.165) is 22.6 Å². The summed E-state index contributed by atoms with van der Waals surface area (Å²) in [6, 6.07) is 11.1. The lowest BCUT2D eigenvalue weighted by Gasteiger charge is -2.09. The predicted molar refractivity (Wildman–Crippen MR) is 122 cm³/mol. The van der Waals surface area contributed by atoms with E-state index < -0.39 is 0 Å². The highest BCUT2D eigenvalue weighted by Gasteiger charge is 2.13. The van der Waals surface area contributed by atoms with Gasteiger partial charge in [0, 0.05) is 12.0 Å². The maximum Gasteiger partial charge on any atom is 0.291 e. The standard InChI is InChI=1S/C23H23N3O5S/c1-28-16-6-8-18(30-3)14(11-16)5-10-21-24-23-26(25-21)22(27)20(32-23)13-15-12-17(29-2)7-9-19(15)31-4/h6-9,11-13H,5,10H2,1-4H3/b20-13-. The van der Waals surface area contributed by atoms with E-state index in [1.54, 1.807) is 46.6 Å². The van der Waals surface area contributed by atoms with Crippen LogP contribution in [0.5, 0.6) is 23.0 Å². The third kappa shape index (κ3) is 4.24. The molecule has 9 heteroatoms. The molecule has 0 unspecified atom stereocenters. The molecule has 2 aromatic carbocycles. The van der Waals surface area contributed by atoms with Crippen LogP contribution in [0.25, 0.3) is 11.0 Å². The number of thiazole rings is 1. The third-order valence-electron chi connectivity index (χ3n) is 5.05. The summed E-state index contributed by atoms with van der Waals surface area (Å²) in [5, 5.41) is 4.42. The second kappa shape index (κ2) is 9.27. The van der Waals surface area contributed by atoms with Gasteiger partial charge in [0.05, 0.1) is 33.0 Å². The zero-order chi connectivity index (χ0) is 22.7. The molecule has 0 saturated carbocycles. The predicted octanol–water partition coefficient (Wildman–Crippen LogP) is 2.52. The molecule has 0 fully saturated rings. The Bertz CT molecular complexity index is 1360. The molecule has 2 aromatic heterocycles. The molecule has 0 N–H and O–H groups in total. The molecular weight excluding hydrogens is 430 g/mol. The number of methoxy groups -OCH3 is 4. The summed E-state index contributed by atoms with van der Waals surface area (Å²) >= 11 is 1.29. The van der Waals surface area contributed by atoms with Gasteiger partial charge in [0.25, 0.3) is 5.56 Å². The second-order valence-corrected chi connectivity index (χ2v) is 7.93. The summed E-state index contributed by atoms with van der Waals surface area (Å²) in [6.45, 7) is 0. The molecule has 0 radical (unpaired) electrons. The van der Waals surface area contributed by atoms with Crippen LogP contribution in [0.3, 0.4) is 0 Å². The summed E-state index contributed by atoms with van der Waals surface area (Å²) in [7, 11) is 6.44. The van der Waals surface area contributed by atoms with E-state index >= 15 is 0 Å². The lowest BCUT2D eigenvalue weighted by atomic mass is 10.1. The number of aryl methyl sites for hydroxylation is 2. The van der Waals surface area contributed by atoms with Crippen molar-refractivity contribution in [1.82, 2.24) is 14.6 Å². The second-order valence-electron chi connectivity index (χ2n) is 6.92. The molecule has 0 spiro atoms. The van der Waals surface area contributed by atoms with Gasteiger partial charge >= 0.3 is 0 Å². The molecule has 2 heterocycles. The van der Waals surface area contributed by atoms with Crippen LogP contribution < -0.4 is 29.0 Å². The maximum atomic E-state index is 12.9. The fourth-order valence-electron chi connectivity index (χ4n) is 3.40. The van der Waals surface area contributed by atoms with Crippen LogP contribution >= 0.6 is 11.3 Å². The summed E-state index contributed by atoms with van der Waals surface area (Å²) in [5.41, 5.74) is 1.53. The maximum absolute atomic E-state index is 12.9. The van der Waals surface area contributed by atoms with Crippen molar-refractivity contribution in [3.05, 3.63) is 68.2 Å². The Labute approximate surface area is 188 Å². The summed E-state index contributed by atoms with van der Waals surface area (Å²) in [4.78, 5) is 18.0. The molecule has 8 nitrogen and oxygen atoms in total. The van der Waals surface area contributed by atoms with Gasteiger partial charge in [-0.25, -0.2) is 4.98 Å². The van der Waals surface area contributed by atoms with Crippen LogP contribution in [0, 0.1) is 0 Å². The topological polar surface area (TPSA) is 84.2 Å². The monoisotopic (exact) mass is 453 g/mol. The highest BCUT2D eigenvalue weighted by atomic mass is 32.1. The molecule has 0 aliphatic heterocycles. The van der Waals surface area contributed by atoms with Crippen LogP contribution in [0.4, 0.5) is 0 Å². The van der Waals surface area contributed by atoms with E-state index in [1.165, 1.54) is 15.9 Å². The highest BCUT2D eigenvalue weighted by Crippen LogP contribution is 2.26. The van der Waals surface area contributed by atoms with E-state index in [9.17, 15) is 4.79 Å². The Morgan fingerprint density at radius 2 is 1.59 bits per heavy atom. The molecule has 0 amide bonds. The first-order valence-electron chi connectivity index (χ1n) is 9.89. The summed E-state index contributed by atoms with van der Waals surface area (Å²) in [5.74, 6) is 3.47. The number of rotatable bonds is 8. The van der Waals surface area contributed by atoms with E-state index in [1.807, 2.05) is 24.3 Å². The Morgan fingerprint density at radius 1 is 0.906 bits per heavy atom. The van der Waals surface area contributed by atoms with Gasteiger partial charge in [-0.05, 0) is 54.5 Å². The number of hydrogen-bond donors (Lipinski definition) is 0. The minimum absolute atomic E-state index is 0.215. The first-order valence-corrected chi connectivity index (χ1v) is 10.7. The van der Waals surface area contributed by atoms with Crippen molar-refractivity contribution < 1.29 is 18.9 Å². The zero-order valence-corrected chi connectivity index (χ0v) is 19.1. The summed E-state index contributed by atoms with van der Waals surface area (Å²) in [6.07, 6.45) is 3.00. The minimum Gasteiger partial charge on any atom is -0.497 e. The molecular formula is C23H23N3O5S. The molecule has 0 bridgehead atoms. The largest absolute Gasteiger partial charge is 0.497 e. The normalized spacial score (nSPS) is 11.7. The van der Waals surface area contributed by atoms with Crippen LogP contribution in [-0.4, -0.2) is 43.0 Å². The molecule has 166 valence electrons. The Balaban J connectivity index is 1.62. The number of aromatic nitrogens is 3. The average Bonchev–Trinajstić information content (AvgIpc) is 3.35. The molecule has 0 atom stereocenters. The number of nitrogens with zero attached hydrogens (tertiary/aromatic N) is 3. The Hall–Kier alpha value is -3.59. The van der Waals surface area contributed by atoms with Gasteiger partial charge in [-0.1, -0.05) is 11.3 Å². The van der Waals surface area contributed by atoms with Gasteiger partial charge < -0.3 is 18.9 Å². The number of ether oxygens (including phenoxy) is 4. The molecule has 0 saturated heterocycles. The average molecular weight is 454 g/mol. The van der Waals surface area contributed by atoms with Crippen molar-refractivity contribution >= 4 is 22.4 Å². The van der Waals surface area contributed by atoms with Crippen LogP contribution in [0.2, 0.25) is 0 Å². The van der Waals surface area contributed by atoms with E-state index in [2.05, 4.69) is 10.1 Å². The first kappa shape index (κ1) is 21.6. The Morgan fingerprint density at radius 3 is 2.25 bits per heavy atom. The highest BCUT2D eigenvalue weighted by molar-refractivity contribution is 7.15.